The van der Waals surface area contributed by atoms with Crippen molar-refractivity contribution in [1.82, 2.24) is 5.32 Å². The Labute approximate surface area is 82.8 Å². The number of phenols is 1. The number of hydrogen-bond acceptors (Lipinski definition) is 2. The summed E-state index contributed by atoms with van der Waals surface area (Å²) in [5.74, 6) is 0.387. The van der Waals surface area contributed by atoms with E-state index in [4.69, 9.17) is 0 Å². The van der Waals surface area contributed by atoms with Crippen molar-refractivity contribution < 1.29 is 9.90 Å². The molecule has 1 aromatic rings. The number of carbonyl (C=O) groups excluding carboxylic acids is 1. The van der Waals surface area contributed by atoms with Crippen LogP contribution in [0.1, 0.15) is 30.0 Å². The van der Waals surface area contributed by atoms with E-state index in [1.807, 2.05) is 13.0 Å². The SMILES string of the molecule is Cc1cc(O)ccc1C1CCC(=O)N1. The molecule has 1 heterocycles. The molecule has 3 heteroatoms. The molecule has 0 radical (unpaired) electrons. The van der Waals surface area contributed by atoms with Crippen LogP contribution < -0.4 is 5.32 Å². The summed E-state index contributed by atoms with van der Waals surface area (Å²) >= 11 is 0. The maximum atomic E-state index is 11.0. The van der Waals surface area contributed by atoms with E-state index >= 15 is 0 Å². The fourth-order valence-corrected chi connectivity index (χ4v) is 1.90. The molecule has 14 heavy (non-hydrogen) atoms. The first-order valence-corrected chi connectivity index (χ1v) is 4.75. The van der Waals surface area contributed by atoms with Gasteiger partial charge in [-0.1, -0.05) is 6.07 Å². The van der Waals surface area contributed by atoms with E-state index in [0.29, 0.717) is 6.42 Å². The van der Waals surface area contributed by atoms with Gasteiger partial charge in [-0.05, 0) is 36.6 Å². The maximum absolute atomic E-state index is 11.0. The largest absolute Gasteiger partial charge is 0.508 e. The lowest BCUT2D eigenvalue weighted by Crippen LogP contribution is -2.18. The molecule has 0 aromatic heterocycles. The van der Waals surface area contributed by atoms with Gasteiger partial charge in [-0.15, -0.1) is 0 Å². The molecule has 74 valence electrons. The molecular weight excluding hydrogens is 178 g/mol. The van der Waals surface area contributed by atoms with Crippen molar-refractivity contribution in [1.29, 1.82) is 0 Å². The summed E-state index contributed by atoms with van der Waals surface area (Å²) in [7, 11) is 0. The predicted octanol–water partition coefficient (Wildman–Crippen LogP) is 1.65. The lowest BCUT2D eigenvalue weighted by Gasteiger charge is -2.13. The van der Waals surface area contributed by atoms with Gasteiger partial charge in [0.15, 0.2) is 0 Å². The zero-order valence-corrected chi connectivity index (χ0v) is 8.08. The molecule has 0 saturated carbocycles. The van der Waals surface area contributed by atoms with Crippen molar-refractivity contribution in [2.24, 2.45) is 0 Å². The summed E-state index contributed by atoms with van der Waals surface area (Å²) in [6.07, 6.45) is 1.45. The van der Waals surface area contributed by atoms with E-state index in [9.17, 15) is 9.90 Å². The van der Waals surface area contributed by atoms with Crippen LogP contribution in [-0.2, 0) is 4.79 Å². The van der Waals surface area contributed by atoms with Gasteiger partial charge in [0.25, 0.3) is 0 Å². The number of rotatable bonds is 1. The molecule has 1 aromatic carbocycles. The van der Waals surface area contributed by atoms with Gasteiger partial charge in [0.05, 0.1) is 6.04 Å². The maximum Gasteiger partial charge on any atom is 0.220 e. The molecule has 1 atom stereocenters. The van der Waals surface area contributed by atoms with Gasteiger partial charge in [0.2, 0.25) is 5.91 Å². The highest BCUT2D eigenvalue weighted by molar-refractivity contribution is 5.78. The lowest BCUT2D eigenvalue weighted by atomic mass is 10.00. The Morgan fingerprint density at radius 1 is 1.50 bits per heavy atom. The van der Waals surface area contributed by atoms with E-state index in [-0.39, 0.29) is 17.7 Å². The zero-order valence-electron chi connectivity index (χ0n) is 8.08. The second kappa shape index (κ2) is 3.33. The van der Waals surface area contributed by atoms with Crippen molar-refractivity contribution in [3.05, 3.63) is 29.3 Å². The van der Waals surface area contributed by atoms with Crippen LogP contribution in [0, 0.1) is 6.92 Å². The highest BCUT2D eigenvalue weighted by atomic mass is 16.3. The van der Waals surface area contributed by atoms with Gasteiger partial charge >= 0.3 is 0 Å². The molecule has 1 fully saturated rings. The Balaban J connectivity index is 2.28. The monoisotopic (exact) mass is 191 g/mol. The number of aromatic hydroxyl groups is 1. The number of phenolic OH excluding ortho intramolecular Hbond substituents is 1. The molecule has 3 nitrogen and oxygen atoms in total. The van der Waals surface area contributed by atoms with Crippen LogP contribution in [-0.4, -0.2) is 11.0 Å². The fraction of sp³-hybridized carbons (Fsp3) is 0.364. The number of benzene rings is 1. The average Bonchev–Trinajstić information content (AvgIpc) is 2.51. The third kappa shape index (κ3) is 1.58. The minimum absolute atomic E-state index is 0.113. The van der Waals surface area contributed by atoms with Crippen LogP contribution in [0.4, 0.5) is 0 Å². The number of nitrogens with one attached hydrogen (secondary N) is 1. The summed E-state index contributed by atoms with van der Waals surface area (Å²) in [4.78, 5) is 11.0. The molecule has 1 aliphatic heterocycles. The third-order valence-electron chi connectivity index (χ3n) is 2.62. The summed E-state index contributed by atoms with van der Waals surface area (Å²) in [6, 6.07) is 5.39. The van der Waals surface area contributed by atoms with E-state index in [1.54, 1.807) is 12.1 Å². The average molecular weight is 191 g/mol. The van der Waals surface area contributed by atoms with Crippen molar-refractivity contribution in [3.8, 4) is 5.75 Å². The number of carbonyl (C=O) groups is 1. The van der Waals surface area contributed by atoms with E-state index < -0.39 is 0 Å². The normalized spacial score (nSPS) is 20.9. The van der Waals surface area contributed by atoms with Crippen LogP contribution in [0.2, 0.25) is 0 Å². The van der Waals surface area contributed by atoms with Crippen molar-refractivity contribution >= 4 is 5.91 Å². The van der Waals surface area contributed by atoms with Gasteiger partial charge in [0, 0.05) is 6.42 Å². The molecular formula is C11H13NO2. The van der Waals surface area contributed by atoms with Crippen LogP contribution in [0.5, 0.6) is 5.75 Å². The highest BCUT2D eigenvalue weighted by Gasteiger charge is 2.23. The Morgan fingerprint density at radius 2 is 2.29 bits per heavy atom. The second-order valence-electron chi connectivity index (χ2n) is 3.70. The first kappa shape index (κ1) is 9.06. The standard InChI is InChI=1S/C11H13NO2/c1-7-6-8(13)2-3-9(7)10-4-5-11(14)12-10/h2-3,6,10,13H,4-5H2,1H3,(H,12,14). The molecule has 1 saturated heterocycles. The van der Waals surface area contributed by atoms with Gasteiger partial charge in [0.1, 0.15) is 5.75 Å². The Bertz CT molecular complexity index is 374. The topological polar surface area (TPSA) is 49.3 Å². The summed E-state index contributed by atoms with van der Waals surface area (Å²) in [5, 5.41) is 12.2. The van der Waals surface area contributed by atoms with Crippen LogP contribution in [0.3, 0.4) is 0 Å². The minimum atomic E-state index is 0.113. The first-order valence-electron chi connectivity index (χ1n) is 4.75. The molecule has 0 aliphatic carbocycles. The first-order chi connectivity index (χ1) is 6.66. The molecule has 1 amide bonds. The lowest BCUT2D eigenvalue weighted by molar-refractivity contribution is -0.119. The third-order valence-corrected chi connectivity index (χ3v) is 2.62. The van der Waals surface area contributed by atoms with Crippen molar-refractivity contribution in [2.75, 3.05) is 0 Å². The Hall–Kier alpha value is -1.51. The van der Waals surface area contributed by atoms with Gasteiger partial charge in [-0.25, -0.2) is 0 Å². The van der Waals surface area contributed by atoms with Crippen LogP contribution in [0.15, 0.2) is 18.2 Å². The summed E-state index contributed by atoms with van der Waals surface area (Å²) < 4.78 is 0. The van der Waals surface area contributed by atoms with Crippen molar-refractivity contribution in [3.63, 3.8) is 0 Å². The second-order valence-corrected chi connectivity index (χ2v) is 3.70. The Kier molecular flexibility index (Phi) is 2.15. The highest BCUT2D eigenvalue weighted by Crippen LogP contribution is 2.28. The molecule has 2 rings (SSSR count). The van der Waals surface area contributed by atoms with E-state index in [0.717, 1.165) is 17.5 Å². The zero-order chi connectivity index (χ0) is 10.1. The van der Waals surface area contributed by atoms with Gasteiger partial charge in [-0.2, -0.15) is 0 Å². The van der Waals surface area contributed by atoms with Gasteiger partial charge < -0.3 is 10.4 Å². The number of hydrogen-bond donors (Lipinski definition) is 2. The number of aryl methyl sites for hydroxylation is 1. The molecule has 2 N–H and O–H groups in total. The van der Waals surface area contributed by atoms with Crippen molar-refractivity contribution in [2.45, 2.75) is 25.8 Å². The minimum Gasteiger partial charge on any atom is -0.508 e. The smallest absolute Gasteiger partial charge is 0.220 e. The quantitative estimate of drug-likeness (QED) is 0.709. The molecule has 1 unspecified atom stereocenters. The van der Waals surface area contributed by atoms with E-state index in [2.05, 4.69) is 5.32 Å². The molecule has 0 spiro atoms. The van der Waals surface area contributed by atoms with Crippen LogP contribution >= 0.6 is 0 Å². The summed E-state index contributed by atoms with van der Waals surface area (Å²) in [6.45, 7) is 1.94. The van der Waals surface area contributed by atoms with Crippen LogP contribution in [0.25, 0.3) is 0 Å². The Morgan fingerprint density at radius 3 is 2.86 bits per heavy atom. The molecule has 0 bridgehead atoms. The van der Waals surface area contributed by atoms with E-state index in [1.165, 1.54) is 0 Å². The number of amides is 1. The fourth-order valence-electron chi connectivity index (χ4n) is 1.90. The van der Waals surface area contributed by atoms with Gasteiger partial charge in [-0.3, -0.25) is 4.79 Å². The predicted molar refractivity (Wildman–Crippen MR) is 53.0 cm³/mol. The summed E-state index contributed by atoms with van der Waals surface area (Å²) in [5.41, 5.74) is 2.13. The molecule has 1 aliphatic rings.